The molecule has 0 bridgehead atoms. The summed E-state index contributed by atoms with van der Waals surface area (Å²) in [5, 5.41) is 4.88. The van der Waals surface area contributed by atoms with Crippen molar-refractivity contribution in [1.29, 1.82) is 0 Å². The van der Waals surface area contributed by atoms with E-state index in [2.05, 4.69) is 10.7 Å². The van der Waals surface area contributed by atoms with Gasteiger partial charge >= 0.3 is 0 Å². The zero-order valence-electron chi connectivity index (χ0n) is 16.0. The molecule has 0 saturated carbocycles. The summed E-state index contributed by atoms with van der Waals surface area (Å²) in [5.74, 6) is -0.197. The van der Waals surface area contributed by atoms with Crippen LogP contribution in [0.25, 0.3) is 6.08 Å². The maximum Gasteiger partial charge on any atom is 0.258 e. The van der Waals surface area contributed by atoms with E-state index in [1.807, 2.05) is 41.3 Å². The first-order valence-corrected chi connectivity index (χ1v) is 10.6. The van der Waals surface area contributed by atoms with Crippen molar-refractivity contribution >= 4 is 40.6 Å². The summed E-state index contributed by atoms with van der Waals surface area (Å²) in [4.78, 5) is 28.3. The van der Waals surface area contributed by atoms with Gasteiger partial charge in [0.25, 0.3) is 5.91 Å². The number of aryl methyl sites for hydroxylation is 1. The van der Waals surface area contributed by atoms with Gasteiger partial charge in [-0.2, -0.15) is 0 Å². The quantitative estimate of drug-likeness (QED) is 0.596. The molecule has 0 unspecified atom stereocenters. The van der Waals surface area contributed by atoms with Crippen LogP contribution in [0.3, 0.4) is 0 Å². The van der Waals surface area contributed by atoms with Crippen LogP contribution in [-0.4, -0.2) is 18.4 Å². The molecule has 0 aliphatic carbocycles. The van der Waals surface area contributed by atoms with Gasteiger partial charge < -0.3 is 10.2 Å². The van der Waals surface area contributed by atoms with Crippen LogP contribution in [0.2, 0.25) is 0 Å². The van der Waals surface area contributed by atoms with E-state index in [1.165, 1.54) is 11.0 Å². The highest BCUT2D eigenvalue weighted by Crippen LogP contribution is 2.32. The highest BCUT2D eigenvalue weighted by molar-refractivity contribution is 7.10. The number of nitrogens with one attached hydrogen (secondary N) is 1. The van der Waals surface area contributed by atoms with Crippen molar-refractivity contribution in [3.05, 3.63) is 88.1 Å². The molecule has 4 rings (SSSR count). The molecule has 0 radical (unpaired) electrons. The van der Waals surface area contributed by atoms with Gasteiger partial charge in [0.15, 0.2) is 0 Å². The SMILES string of the molecule is O=C(C=Cc1ccccc1)Nc1ccc(C(=O)N2CCCCc3sccc32)cc1. The first-order valence-electron chi connectivity index (χ1n) is 9.73. The number of benzene rings is 2. The Morgan fingerprint density at radius 3 is 2.55 bits per heavy atom. The van der Waals surface area contributed by atoms with E-state index in [1.54, 1.807) is 41.7 Å². The van der Waals surface area contributed by atoms with Crippen molar-refractivity contribution in [2.75, 3.05) is 16.8 Å². The van der Waals surface area contributed by atoms with Gasteiger partial charge in [-0.3, -0.25) is 9.59 Å². The van der Waals surface area contributed by atoms with E-state index in [-0.39, 0.29) is 11.8 Å². The average molecular weight is 403 g/mol. The lowest BCUT2D eigenvalue weighted by Crippen LogP contribution is -2.31. The van der Waals surface area contributed by atoms with Crippen LogP contribution in [0.5, 0.6) is 0 Å². The van der Waals surface area contributed by atoms with Crippen molar-refractivity contribution < 1.29 is 9.59 Å². The second kappa shape index (κ2) is 8.88. The molecule has 0 atom stereocenters. The van der Waals surface area contributed by atoms with Crippen LogP contribution < -0.4 is 10.2 Å². The number of nitrogens with zero attached hydrogens (tertiary/aromatic N) is 1. The van der Waals surface area contributed by atoms with Gasteiger partial charge in [-0.1, -0.05) is 30.3 Å². The molecule has 2 heterocycles. The molecule has 4 nitrogen and oxygen atoms in total. The number of hydrogen-bond donors (Lipinski definition) is 1. The van der Waals surface area contributed by atoms with Crippen LogP contribution in [0.15, 0.2) is 72.1 Å². The van der Waals surface area contributed by atoms with E-state index in [0.29, 0.717) is 11.3 Å². The minimum atomic E-state index is -0.205. The van der Waals surface area contributed by atoms with E-state index in [9.17, 15) is 9.59 Å². The largest absolute Gasteiger partial charge is 0.323 e. The van der Waals surface area contributed by atoms with Gasteiger partial charge in [-0.15, -0.1) is 11.3 Å². The fourth-order valence-corrected chi connectivity index (χ4v) is 4.34. The molecule has 5 heteroatoms. The number of amides is 2. The van der Waals surface area contributed by atoms with Crippen LogP contribution >= 0.6 is 11.3 Å². The number of anilines is 2. The number of thiophene rings is 1. The van der Waals surface area contributed by atoms with E-state index in [4.69, 9.17) is 0 Å². The third-order valence-corrected chi connectivity index (χ3v) is 5.89. The predicted octanol–water partition coefficient (Wildman–Crippen LogP) is 5.38. The molecular formula is C24H22N2O2S. The van der Waals surface area contributed by atoms with Gasteiger partial charge in [0, 0.05) is 28.7 Å². The second-order valence-electron chi connectivity index (χ2n) is 6.95. The van der Waals surface area contributed by atoms with Crippen molar-refractivity contribution in [1.82, 2.24) is 0 Å². The number of rotatable bonds is 4. The van der Waals surface area contributed by atoms with E-state index in [0.717, 1.165) is 37.1 Å². The van der Waals surface area contributed by atoms with Crippen molar-refractivity contribution in [2.45, 2.75) is 19.3 Å². The Labute approximate surface area is 174 Å². The van der Waals surface area contributed by atoms with Crippen LogP contribution in [0.4, 0.5) is 11.4 Å². The fraction of sp³-hybridized carbons (Fsp3) is 0.167. The summed E-state index contributed by atoms with van der Waals surface area (Å²) in [6, 6.07) is 18.8. The summed E-state index contributed by atoms with van der Waals surface area (Å²) < 4.78 is 0. The minimum Gasteiger partial charge on any atom is -0.323 e. The minimum absolute atomic E-state index is 0.00778. The molecule has 2 amide bonds. The molecule has 1 aromatic heterocycles. The summed E-state index contributed by atoms with van der Waals surface area (Å²) in [7, 11) is 0. The number of hydrogen-bond acceptors (Lipinski definition) is 3. The molecule has 0 fully saturated rings. The monoisotopic (exact) mass is 402 g/mol. The number of fused-ring (bicyclic) bond motifs is 1. The normalized spacial score (nSPS) is 13.7. The maximum absolute atomic E-state index is 13.0. The predicted molar refractivity (Wildman–Crippen MR) is 119 cm³/mol. The van der Waals surface area contributed by atoms with Gasteiger partial charge in [0.1, 0.15) is 0 Å². The Morgan fingerprint density at radius 1 is 0.966 bits per heavy atom. The first kappa shape index (κ1) is 19.2. The zero-order chi connectivity index (χ0) is 20.1. The zero-order valence-corrected chi connectivity index (χ0v) is 16.8. The Hall–Kier alpha value is -3.18. The lowest BCUT2D eigenvalue weighted by molar-refractivity contribution is -0.111. The summed E-state index contributed by atoms with van der Waals surface area (Å²) >= 11 is 1.72. The van der Waals surface area contributed by atoms with Crippen LogP contribution in [0, 0.1) is 0 Å². The fourth-order valence-electron chi connectivity index (χ4n) is 3.42. The Bertz CT molecular complexity index is 1020. The standard InChI is InChI=1S/C24H22N2O2S/c27-23(14-9-18-6-2-1-3-7-18)25-20-12-10-19(11-13-20)24(28)26-16-5-4-8-22-21(26)15-17-29-22/h1-3,6-7,9-15,17H,4-5,8,16H2,(H,25,27). The van der Waals surface area contributed by atoms with E-state index >= 15 is 0 Å². The number of carbonyl (C=O) groups is 2. The highest BCUT2D eigenvalue weighted by Gasteiger charge is 2.23. The molecule has 1 aliphatic rings. The molecular weight excluding hydrogens is 380 g/mol. The van der Waals surface area contributed by atoms with Crippen molar-refractivity contribution in [3.8, 4) is 0 Å². The number of carbonyl (C=O) groups excluding carboxylic acids is 2. The lowest BCUT2D eigenvalue weighted by Gasteiger charge is -2.21. The third-order valence-electron chi connectivity index (χ3n) is 4.92. The smallest absolute Gasteiger partial charge is 0.258 e. The Morgan fingerprint density at radius 2 is 1.76 bits per heavy atom. The molecule has 2 aromatic carbocycles. The summed E-state index contributed by atoms with van der Waals surface area (Å²) in [6.45, 7) is 0.741. The molecule has 1 aliphatic heterocycles. The Balaban J connectivity index is 1.42. The molecule has 3 aromatic rings. The van der Waals surface area contributed by atoms with Gasteiger partial charge in [0.2, 0.25) is 5.91 Å². The third kappa shape index (κ3) is 4.63. The van der Waals surface area contributed by atoms with Gasteiger partial charge in [0.05, 0.1) is 5.69 Å². The molecule has 146 valence electrons. The molecule has 0 saturated heterocycles. The van der Waals surface area contributed by atoms with Crippen LogP contribution in [0.1, 0.15) is 33.6 Å². The topological polar surface area (TPSA) is 49.4 Å². The summed E-state index contributed by atoms with van der Waals surface area (Å²) in [5.41, 5.74) is 3.30. The molecule has 29 heavy (non-hydrogen) atoms. The summed E-state index contributed by atoms with van der Waals surface area (Å²) in [6.07, 6.45) is 6.43. The molecule has 1 N–H and O–H groups in total. The second-order valence-corrected chi connectivity index (χ2v) is 7.95. The van der Waals surface area contributed by atoms with Crippen molar-refractivity contribution in [3.63, 3.8) is 0 Å². The lowest BCUT2D eigenvalue weighted by atomic mass is 10.1. The maximum atomic E-state index is 13.0. The van der Waals surface area contributed by atoms with Gasteiger partial charge in [-0.25, -0.2) is 0 Å². The van der Waals surface area contributed by atoms with Crippen molar-refractivity contribution in [2.24, 2.45) is 0 Å². The van der Waals surface area contributed by atoms with Crippen LogP contribution in [-0.2, 0) is 11.2 Å². The van der Waals surface area contributed by atoms with Gasteiger partial charge in [-0.05, 0) is 66.6 Å². The average Bonchev–Trinajstić information content (AvgIpc) is 3.12. The molecule has 0 spiro atoms. The Kier molecular flexibility index (Phi) is 5.86. The first-order chi connectivity index (χ1) is 14.2. The van der Waals surface area contributed by atoms with E-state index < -0.39 is 0 Å². The highest BCUT2D eigenvalue weighted by atomic mass is 32.1.